The third-order valence-corrected chi connectivity index (χ3v) is 4.89. The minimum atomic E-state index is -0.625. The summed E-state index contributed by atoms with van der Waals surface area (Å²) in [5.41, 5.74) is 5.51. The number of amides is 1. The summed E-state index contributed by atoms with van der Waals surface area (Å²) in [7, 11) is 0. The maximum Gasteiger partial charge on any atom is 0.242 e. The fourth-order valence-electron chi connectivity index (χ4n) is 3.27. The fraction of sp³-hybridized carbons (Fsp3) is 0.588. The number of benzene rings is 1. The maximum absolute atomic E-state index is 13.7. The molecule has 1 saturated heterocycles. The lowest BCUT2D eigenvalue weighted by molar-refractivity contribution is -0.135. The van der Waals surface area contributed by atoms with Gasteiger partial charge in [0.15, 0.2) is 0 Å². The zero-order valence-corrected chi connectivity index (χ0v) is 13.9. The molecule has 1 aliphatic carbocycles. The highest BCUT2D eigenvalue weighted by molar-refractivity contribution is 5.89. The molecule has 6 heteroatoms. The Labute approximate surface area is 141 Å². The summed E-state index contributed by atoms with van der Waals surface area (Å²) in [6, 6.07) is 3.96. The first kappa shape index (κ1) is 18.1. The number of carbonyl (C=O) groups excluding carboxylic acids is 1. The summed E-state index contributed by atoms with van der Waals surface area (Å²) < 4.78 is 27.3. The average Bonchev–Trinajstić information content (AvgIpc) is 3.25. The molecule has 1 heterocycles. The van der Waals surface area contributed by atoms with Crippen molar-refractivity contribution < 1.29 is 13.6 Å². The summed E-state index contributed by atoms with van der Waals surface area (Å²) in [5.74, 6) is -0.626. The molecule has 1 aliphatic heterocycles. The van der Waals surface area contributed by atoms with Crippen molar-refractivity contribution in [3.63, 3.8) is 0 Å². The molecule has 1 atom stereocenters. The minimum absolute atomic E-state index is 0. The van der Waals surface area contributed by atoms with Gasteiger partial charge in [0.2, 0.25) is 5.91 Å². The van der Waals surface area contributed by atoms with Gasteiger partial charge < -0.3 is 10.6 Å². The second-order valence-corrected chi connectivity index (χ2v) is 6.65. The number of hydrogen-bond donors (Lipinski definition) is 1. The van der Waals surface area contributed by atoms with Crippen molar-refractivity contribution in [2.24, 2.45) is 11.7 Å². The SMILES string of the molecule is Cl.NC1(C(=O)N2CCCC(CCc3c(F)cccc3F)C2)CC1. The Morgan fingerprint density at radius 3 is 2.57 bits per heavy atom. The number of halogens is 3. The second kappa shape index (κ2) is 7.14. The van der Waals surface area contributed by atoms with Gasteiger partial charge in [0.1, 0.15) is 11.6 Å². The number of hydrogen-bond acceptors (Lipinski definition) is 2. The van der Waals surface area contributed by atoms with Crippen LogP contribution in [0.1, 0.15) is 37.7 Å². The van der Waals surface area contributed by atoms with Crippen LogP contribution >= 0.6 is 12.4 Å². The van der Waals surface area contributed by atoms with Gasteiger partial charge >= 0.3 is 0 Å². The van der Waals surface area contributed by atoms with E-state index in [9.17, 15) is 13.6 Å². The van der Waals surface area contributed by atoms with Gasteiger partial charge in [-0.05, 0) is 56.6 Å². The lowest BCUT2D eigenvalue weighted by atomic mass is 9.91. The van der Waals surface area contributed by atoms with E-state index in [0.717, 1.165) is 32.2 Å². The van der Waals surface area contributed by atoms with E-state index in [0.29, 0.717) is 25.3 Å². The predicted octanol–water partition coefficient (Wildman–Crippen LogP) is 3.05. The predicted molar refractivity (Wildman–Crippen MR) is 87.4 cm³/mol. The fourth-order valence-corrected chi connectivity index (χ4v) is 3.27. The van der Waals surface area contributed by atoms with Gasteiger partial charge in [-0.25, -0.2) is 8.78 Å². The van der Waals surface area contributed by atoms with Gasteiger partial charge in [-0.1, -0.05) is 6.07 Å². The van der Waals surface area contributed by atoms with E-state index in [1.165, 1.54) is 18.2 Å². The lowest BCUT2D eigenvalue weighted by Crippen LogP contribution is -2.49. The third-order valence-electron chi connectivity index (χ3n) is 4.89. The van der Waals surface area contributed by atoms with E-state index in [-0.39, 0.29) is 23.9 Å². The number of rotatable bonds is 4. The van der Waals surface area contributed by atoms with Gasteiger partial charge in [-0.15, -0.1) is 12.4 Å². The van der Waals surface area contributed by atoms with Gasteiger partial charge in [-0.2, -0.15) is 0 Å². The van der Waals surface area contributed by atoms with Crippen molar-refractivity contribution >= 4 is 18.3 Å². The number of nitrogens with zero attached hydrogens (tertiary/aromatic N) is 1. The molecule has 0 spiro atoms. The van der Waals surface area contributed by atoms with E-state index in [1.807, 2.05) is 4.90 Å². The molecule has 23 heavy (non-hydrogen) atoms. The van der Waals surface area contributed by atoms with E-state index < -0.39 is 17.2 Å². The summed E-state index contributed by atoms with van der Waals surface area (Å²) >= 11 is 0. The maximum atomic E-state index is 13.7. The Hall–Kier alpha value is -1.20. The monoisotopic (exact) mass is 344 g/mol. The average molecular weight is 345 g/mol. The van der Waals surface area contributed by atoms with Gasteiger partial charge in [0.25, 0.3) is 0 Å². The van der Waals surface area contributed by atoms with Gasteiger partial charge in [-0.3, -0.25) is 4.79 Å². The highest BCUT2D eigenvalue weighted by Gasteiger charge is 2.48. The van der Waals surface area contributed by atoms with Crippen molar-refractivity contribution in [2.75, 3.05) is 13.1 Å². The van der Waals surface area contributed by atoms with E-state index >= 15 is 0 Å². The summed E-state index contributed by atoms with van der Waals surface area (Å²) in [5, 5.41) is 0. The Morgan fingerprint density at radius 2 is 1.96 bits per heavy atom. The molecule has 2 aliphatic rings. The molecule has 3 nitrogen and oxygen atoms in total. The van der Waals surface area contributed by atoms with Gasteiger partial charge in [0, 0.05) is 18.7 Å². The smallest absolute Gasteiger partial charge is 0.242 e. The van der Waals surface area contributed by atoms with Gasteiger partial charge in [0.05, 0.1) is 5.54 Å². The Morgan fingerprint density at radius 1 is 1.30 bits per heavy atom. The van der Waals surface area contributed by atoms with Crippen LogP contribution in [0.3, 0.4) is 0 Å². The van der Waals surface area contributed by atoms with E-state index in [4.69, 9.17) is 5.73 Å². The Kier molecular flexibility index (Phi) is 5.63. The highest BCUT2D eigenvalue weighted by Crippen LogP contribution is 2.35. The zero-order chi connectivity index (χ0) is 15.7. The molecule has 1 aromatic carbocycles. The quantitative estimate of drug-likeness (QED) is 0.912. The molecule has 1 aromatic rings. The Bertz CT molecular complexity index is 557. The molecule has 1 amide bonds. The topological polar surface area (TPSA) is 46.3 Å². The molecule has 128 valence electrons. The molecule has 2 N–H and O–H groups in total. The molecule has 1 unspecified atom stereocenters. The molecule has 0 bridgehead atoms. The number of piperidine rings is 1. The second-order valence-electron chi connectivity index (χ2n) is 6.65. The summed E-state index contributed by atoms with van der Waals surface area (Å²) in [6.45, 7) is 1.41. The molecule has 0 radical (unpaired) electrons. The van der Waals surface area contributed by atoms with Crippen LogP contribution in [0.2, 0.25) is 0 Å². The summed E-state index contributed by atoms with van der Waals surface area (Å²) in [4.78, 5) is 14.1. The molecule has 3 rings (SSSR count). The molecular weight excluding hydrogens is 322 g/mol. The number of nitrogens with two attached hydrogens (primary N) is 1. The van der Waals surface area contributed by atoms with Crippen LogP contribution < -0.4 is 5.73 Å². The largest absolute Gasteiger partial charge is 0.341 e. The molecule has 0 aromatic heterocycles. The first-order chi connectivity index (χ1) is 10.5. The first-order valence-corrected chi connectivity index (χ1v) is 8.01. The van der Waals surface area contributed by atoms with Crippen LogP contribution in [0, 0.1) is 17.6 Å². The number of likely N-dealkylation sites (tertiary alicyclic amines) is 1. The number of carbonyl (C=O) groups is 1. The molecule has 1 saturated carbocycles. The van der Waals surface area contributed by atoms with Crippen LogP contribution in [0.4, 0.5) is 8.78 Å². The zero-order valence-electron chi connectivity index (χ0n) is 13.1. The van der Waals surface area contributed by atoms with Crippen molar-refractivity contribution in [2.45, 2.75) is 44.1 Å². The highest BCUT2D eigenvalue weighted by atomic mass is 35.5. The van der Waals surface area contributed by atoms with Crippen LogP contribution in [-0.2, 0) is 11.2 Å². The van der Waals surface area contributed by atoms with Crippen molar-refractivity contribution in [1.29, 1.82) is 0 Å². The van der Waals surface area contributed by atoms with Crippen LogP contribution in [-0.4, -0.2) is 29.4 Å². The van der Waals surface area contributed by atoms with E-state index in [2.05, 4.69) is 0 Å². The minimum Gasteiger partial charge on any atom is -0.341 e. The lowest BCUT2D eigenvalue weighted by Gasteiger charge is -2.34. The van der Waals surface area contributed by atoms with Crippen LogP contribution in [0.15, 0.2) is 18.2 Å². The molecule has 2 fully saturated rings. The normalized spacial score (nSPS) is 22.4. The van der Waals surface area contributed by atoms with Crippen molar-refractivity contribution in [3.05, 3.63) is 35.4 Å². The van der Waals surface area contributed by atoms with Crippen molar-refractivity contribution in [3.8, 4) is 0 Å². The van der Waals surface area contributed by atoms with E-state index in [1.54, 1.807) is 0 Å². The standard InChI is InChI=1S/C17H22F2N2O.ClH/c18-14-4-1-5-15(19)13(14)7-6-12-3-2-10-21(11-12)16(22)17(20)8-9-17;/h1,4-5,12H,2-3,6-11,20H2;1H. The molecular formula is C17H23ClF2N2O. The third kappa shape index (κ3) is 4.01. The first-order valence-electron chi connectivity index (χ1n) is 8.01. The summed E-state index contributed by atoms with van der Waals surface area (Å²) in [6.07, 6.45) is 4.54. The van der Waals surface area contributed by atoms with Crippen LogP contribution in [0.5, 0.6) is 0 Å². The van der Waals surface area contributed by atoms with Crippen molar-refractivity contribution in [1.82, 2.24) is 4.90 Å². The Balaban J connectivity index is 0.00000192. The van der Waals surface area contributed by atoms with Crippen LogP contribution in [0.25, 0.3) is 0 Å².